The van der Waals surface area contributed by atoms with Crippen LogP contribution < -0.4 is 15.4 Å². The van der Waals surface area contributed by atoms with Gasteiger partial charge in [0.05, 0.1) is 25.0 Å². The summed E-state index contributed by atoms with van der Waals surface area (Å²) in [5.41, 5.74) is 1.53. The molecular formula is C34H41N3O5. The molecule has 2 bridgehead atoms. The molecule has 7 atom stereocenters. The first-order chi connectivity index (χ1) is 20.2. The normalized spacial score (nSPS) is 31.4. The second kappa shape index (κ2) is 11.2. The first kappa shape index (κ1) is 28.5. The van der Waals surface area contributed by atoms with Gasteiger partial charge in [0, 0.05) is 18.3 Å². The molecule has 3 amide bonds. The molecule has 6 rings (SSSR count). The minimum absolute atomic E-state index is 0.0510. The van der Waals surface area contributed by atoms with Crippen molar-refractivity contribution in [2.45, 2.75) is 82.7 Å². The monoisotopic (exact) mass is 571 g/mol. The number of methoxy groups -OCH3 is 1. The minimum Gasteiger partial charge on any atom is -0.497 e. The highest BCUT2D eigenvalue weighted by Gasteiger charge is 2.72. The fourth-order valence-electron chi connectivity index (χ4n) is 7.33. The third kappa shape index (κ3) is 4.89. The Morgan fingerprint density at radius 2 is 1.76 bits per heavy atom. The number of carbonyl (C=O) groups excluding carboxylic acids is 3. The number of benzene rings is 2. The van der Waals surface area contributed by atoms with Crippen LogP contribution in [0.3, 0.4) is 0 Å². The standard InChI is InChI=1S/C34H41N3O5/c1-20(2)23-11-13-24(14-12-23)35-31(38)28-27-17-18-34(42-27)29(28)33(40)37(19-22-9-15-25(41-4)16-10-22)30(34)32(39)36-26-8-6-5-7-21(26)3/h9-18,20-21,26-30H,5-8,19H2,1-4H3,(H,35,38)(H,36,39)/t21-,26+,27-,28+,29-,30-,34-/m0/s1. The second-order valence-corrected chi connectivity index (χ2v) is 12.7. The van der Waals surface area contributed by atoms with Crippen molar-refractivity contribution in [1.82, 2.24) is 10.2 Å². The quantitative estimate of drug-likeness (QED) is 0.444. The highest BCUT2D eigenvalue weighted by atomic mass is 16.5. The van der Waals surface area contributed by atoms with Crippen LogP contribution in [-0.2, 0) is 25.7 Å². The van der Waals surface area contributed by atoms with Crippen LogP contribution in [0.15, 0.2) is 60.7 Å². The van der Waals surface area contributed by atoms with Gasteiger partial charge >= 0.3 is 0 Å². The lowest BCUT2D eigenvalue weighted by Crippen LogP contribution is -2.57. The van der Waals surface area contributed by atoms with Gasteiger partial charge in [0.2, 0.25) is 17.7 Å². The number of ether oxygens (including phenoxy) is 2. The third-order valence-electron chi connectivity index (χ3n) is 9.72. The van der Waals surface area contributed by atoms with Gasteiger partial charge in [-0.15, -0.1) is 0 Å². The van der Waals surface area contributed by atoms with Gasteiger partial charge in [-0.1, -0.05) is 70.0 Å². The van der Waals surface area contributed by atoms with Crippen LogP contribution >= 0.6 is 0 Å². The highest BCUT2D eigenvalue weighted by molar-refractivity contribution is 6.02. The van der Waals surface area contributed by atoms with E-state index in [1.165, 1.54) is 5.56 Å². The highest BCUT2D eigenvalue weighted by Crippen LogP contribution is 2.55. The molecule has 3 aliphatic heterocycles. The first-order valence-corrected chi connectivity index (χ1v) is 15.2. The predicted octanol–water partition coefficient (Wildman–Crippen LogP) is 4.80. The third-order valence-corrected chi connectivity index (χ3v) is 9.72. The van der Waals surface area contributed by atoms with Gasteiger partial charge in [0.15, 0.2) is 0 Å². The Balaban J connectivity index is 1.30. The van der Waals surface area contributed by atoms with Crippen molar-refractivity contribution in [3.8, 4) is 5.75 Å². The summed E-state index contributed by atoms with van der Waals surface area (Å²) >= 11 is 0. The van der Waals surface area contributed by atoms with Gasteiger partial charge in [-0.3, -0.25) is 14.4 Å². The Hall–Kier alpha value is -3.65. The first-order valence-electron chi connectivity index (χ1n) is 15.2. The van der Waals surface area contributed by atoms with Crippen molar-refractivity contribution >= 4 is 23.4 Å². The smallest absolute Gasteiger partial charge is 0.246 e. The van der Waals surface area contributed by atoms with Gasteiger partial charge in [0.25, 0.3) is 0 Å². The molecular weight excluding hydrogens is 530 g/mol. The number of amides is 3. The molecule has 1 spiro atoms. The predicted molar refractivity (Wildman–Crippen MR) is 160 cm³/mol. The molecule has 2 aromatic carbocycles. The lowest BCUT2D eigenvalue weighted by molar-refractivity contribution is -0.142. The van der Waals surface area contributed by atoms with Crippen LogP contribution in [0.5, 0.6) is 5.75 Å². The lowest BCUT2D eigenvalue weighted by Gasteiger charge is -2.36. The maximum atomic E-state index is 14.3. The van der Waals surface area contributed by atoms with Crippen molar-refractivity contribution in [2.24, 2.45) is 17.8 Å². The Morgan fingerprint density at radius 1 is 1.05 bits per heavy atom. The lowest BCUT2D eigenvalue weighted by atomic mass is 9.74. The minimum atomic E-state index is -1.19. The van der Waals surface area contributed by atoms with Crippen LogP contribution in [0.4, 0.5) is 5.69 Å². The maximum Gasteiger partial charge on any atom is 0.246 e. The van der Waals surface area contributed by atoms with Crippen molar-refractivity contribution < 1.29 is 23.9 Å². The molecule has 8 nitrogen and oxygen atoms in total. The number of nitrogens with zero attached hydrogens (tertiary/aromatic N) is 1. The Kier molecular flexibility index (Phi) is 7.60. The van der Waals surface area contributed by atoms with E-state index in [0.717, 1.165) is 31.2 Å². The van der Waals surface area contributed by atoms with Crippen LogP contribution in [0.1, 0.15) is 63.5 Å². The fraction of sp³-hybridized carbons (Fsp3) is 0.500. The molecule has 222 valence electrons. The summed E-state index contributed by atoms with van der Waals surface area (Å²) in [6.45, 7) is 6.64. The topological polar surface area (TPSA) is 97.0 Å². The van der Waals surface area contributed by atoms with Crippen molar-refractivity contribution in [1.29, 1.82) is 0 Å². The van der Waals surface area contributed by atoms with E-state index in [-0.39, 0.29) is 30.3 Å². The zero-order valence-corrected chi connectivity index (χ0v) is 24.8. The van der Waals surface area contributed by atoms with E-state index in [1.54, 1.807) is 12.0 Å². The second-order valence-electron chi connectivity index (χ2n) is 12.7. The van der Waals surface area contributed by atoms with Gasteiger partial charge < -0.3 is 25.0 Å². The van der Waals surface area contributed by atoms with E-state index in [2.05, 4.69) is 31.4 Å². The van der Waals surface area contributed by atoms with Gasteiger partial charge in [-0.2, -0.15) is 0 Å². The molecule has 0 radical (unpaired) electrons. The number of nitrogens with one attached hydrogen (secondary N) is 2. The molecule has 8 heteroatoms. The molecule has 0 unspecified atom stereocenters. The maximum absolute atomic E-state index is 14.3. The van der Waals surface area contributed by atoms with Gasteiger partial charge in [-0.25, -0.2) is 0 Å². The molecule has 3 heterocycles. The van der Waals surface area contributed by atoms with E-state index in [9.17, 15) is 14.4 Å². The zero-order valence-electron chi connectivity index (χ0n) is 24.8. The number of hydrogen-bond donors (Lipinski definition) is 2. The Bertz CT molecular complexity index is 1370. The number of carbonyl (C=O) groups is 3. The fourth-order valence-corrected chi connectivity index (χ4v) is 7.33. The van der Waals surface area contributed by atoms with Gasteiger partial charge in [-0.05, 0) is 60.1 Å². The summed E-state index contributed by atoms with van der Waals surface area (Å²) in [5.74, 6) is -0.791. The average molecular weight is 572 g/mol. The summed E-state index contributed by atoms with van der Waals surface area (Å²) in [4.78, 5) is 43.8. The van der Waals surface area contributed by atoms with Crippen LogP contribution in [0.25, 0.3) is 0 Å². The molecule has 2 aromatic rings. The Morgan fingerprint density at radius 3 is 2.43 bits per heavy atom. The van der Waals surface area contributed by atoms with Crippen molar-refractivity contribution in [3.63, 3.8) is 0 Å². The zero-order chi connectivity index (χ0) is 29.6. The van der Waals surface area contributed by atoms with E-state index in [1.807, 2.05) is 60.7 Å². The van der Waals surface area contributed by atoms with Crippen molar-refractivity contribution in [2.75, 3.05) is 12.4 Å². The SMILES string of the molecule is COc1ccc(CN2C(=O)[C@@H]3[C@H](C(=O)Nc4ccc(C(C)C)cc4)[C@@H]4C=C[C@@]3(O4)[C@@H]2C(=O)N[C@@H]2CCCC[C@@H]2C)cc1. The summed E-state index contributed by atoms with van der Waals surface area (Å²) in [7, 11) is 1.61. The van der Waals surface area contributed by atoms with E-state index < -0.39 is 29.6 Å². The van der Waals surface area contributed by atoms with E-state index >= 15 is 0 Å². The number of fused-ring (bicyclic) bond motifs is 1. The van der Waals surface area contributed by atoms with Gasteiger partial charge in [0.1, 0.15) is 17.4 Å². The molecule has 42 heavy (non-hydrogen) atoms. The molecule has 2 N–H and O–H groups in total. The largest absolute Gasteiger partial charge is 0.497 e. The number of likely N-dealkylation sites (tertiary alicyclic amines) is 1. The summed E-state index contributed by atoms with van der Waals surface area (Å²) in [6, 6.07) is 14.4. The average Bonchev–Trinajstić information content (AvgIpc) is 3.62. The van der Waals surface area contributed by atoms with E-state index in [4.69, 9.17) is 9.47 Å². The molecule has 2 saturated heterocycles. The molecule has 1 saturated carbocycles. The van der Waals surface area contributed by atoms with Crippen LogP contribution in [-0.4, -0.2) is 53.5 Å². The number of rotatable bonds is 8. The molecule has 4 aliphatic rings. The number of hydrogen-bond acceptors (Lipinski definition) is 5. The summed E-state index contributed by atoms with van der Waals surface area (Å²) in [5, 5.41) is 6.31. The number of anilines is 1. The van der Waals surface area contributed by atoms with Crippen molar-refractivity contribution in [3.05, 3.63) is 71.8 Å². The van der Waals surface area contributed by atoms with E-state index in [0.29, 0.717) is 23.3 Å². The summed E-state index contributed by atoms with van der Waals surface area (Å²) < 4.78 is 11.8. The molecule has 1 aliphatic carbocycles. The van der Waals surface area contributed by atoms with Crippen LogP contribution in [0.2, 0.25) is 0 Å². The Labute approximate surface area is 247 Å². The molecule has 3 fully saturated rings. The summed E-state index contributed by atoms with van der Waals surface area (Å²) in [6.07, 6.45) is 7.37. The van der Waals surface area contributed by atoms with Crippen LogP contribution in [0, 0.1) is 17.8 Å². The molecule has 0 aromatic heterocycles.